The van der Waals surface area contributed by atoms with Crippen molar-refractivity contribution in [2.45, 2.75) is 18.4 Å². The first-order valence-corrected chi connectivity index (χ1v) is 10.9. The molecule has 1 N–H and O–H groups in total. The Hall–Kier alpha value is -2.49. The van der Waals surface area contributed by atoms with Crippen molar-refractivity contribution in [1.82, 2.24) is 14.5 Å². The van der Waals surface area contributed by atoms with Gasteiger partial charge in [-0.25, -0.2) is 17.1 Å². The highest BCUT2D eigenvalue weighted by atomic mass is 35.5. The smallest absolute Gasteiger partial charge is 0.254 e. The summed E-state index contributed by atoms with van der Waals surface area (Å²) in [5, 5.41) is 2.67. The van der Waals surface area contributed by atoms with Gasteiger partial charge in [0.15, 0.2) is 0 Å². The Balaban J connectivity index is 2.12. The summed E-state index contributed by atoms with van der Waals surface area (Å²) in [7, 11) is -1.11. The van der Waals surface area contributed by atoms with E-state index < -0.39 is 21.8 Å². The third-order valence-corrected chi connectivity index (χ3v) is 6.64. The molecule has 0 saturated heterocycles. The average molecular weight is 456 g/mol. The van der Waals surface area contributed by atoms with E-state index in [0.29, 0.717) is 0 Å². The molecule has 0 fully saturated rings. The zero-order valence-corrected chi connectivity index (χ0v) is 18.4. The SMILES string of the molecule is CCN(CC(=O)NCc1ccc(F)cc1)C(=O)c1ccc(Cl)c(S(=O)(=O)N(C)C)c1. The number of rotatable bonds is 8. The van der Waals surface area contributed by atoms with Crippen LogP contribution in [0.2, 0.25) is 5.02 Å². The van der Waals surface area contributed by atoms with Gasteiger partial charge in [0.05, 0.1) is 11.6 Å². The molecule has 0 bridgehead atoms. The maximum absolute atomic E-state index is 12.9. The molecule has 10 heteroatoms. The van der Waals surface area contributed by atoms with E-state index in [1.54, 1.807) is 19.1 Å². The zero-order chi connectivity index (χ0) is 22.5. The van der Waals surface area contributed by atoms with Crippen LogP contribution in [0.25, 0.3) is 0 Å². The molecule has 7 nitrogen and oxygen atoms in total. The van der Waals surface area contributed by atoms with E-state index in [2.05, 4.69) is 5.32 Å². The van der Waals surface area contributed by atoms with E-state index >= 15 is 0 Å². The molecule has 0 aliphatic heterocycles. The van der Waals surface area contributed by atoms with Gasteiger partial charge in [0, 0.05) is 32.7 Å². The summed E-state index contributed by atoms with van der Waals surface area (Å²) >= 11 is 6.02. The van der Waals surface area contributed by atoms with Gasteiger partial charge in [-0.1, -0.05) is 23.7 Å². The molecule has 0 atom stereocenters. The molecule has 162 valence electrons. The van der Waals surface area contributed by atoms with Crippen molar-refractivity contribution in [1.29, 1.82) is 0 Å². The molecule has 30 heavy (non-hydrogen) atoms. The summed E-state index contributed by atoms with van der Waals surface area (Å²) in [4.78, 5) is 26.2. The monoisotopic (exact) mass is 455 g/mol. The fraction of sp³-hybridized carbons (Fsp3) is 0.300. The predicted molar refractivity (Wildman–Crippen MR) is 112 cm³/mol. The van der Waals surface area contributed by atoms with Crippen molar-refractivity contribution in [3.8, 4) is 0 Å². The fourth-order valence-corrected chi connectivity index (χ4v) is 3.97. The van der Waals surface area contributed by atoms with E-state index in [0.717, 1.165) is 9.87 Å². The largest absolute Gasteiger partial charge is 0.350 e. The molecule has 2 amide bonds. The van der Waals surface area contributed by atoms with Crippen LogP contribution in [-0.2, 0) is 21.4 Å². The van der Waals surface area contributed by atoms with Crippen molar-refractivity contribution in [2.24, 2.45) is 0 Å². The van der Waals surface area contributed by atoms with Gasteiger partial charge in [-0.2, -0.15) is 0 Å². The van der Waals surface area contributed by atoms with Crippen molar-refractivity contribution in [2.75, 3.05) is 27.2 Å². The summed E-state index contributed by atoms with van der Waals surface area (Å²) in [6.07, 6.45) is 0. The van der Waals surface area contributed by atoms with Crippen LogP contribution in [0.4, 0.5) is 4.39 Å². The van der Waals surface area contributed by atoms with E-state index in [4.69, 9.17) is 11.6 Å². The lowest BCUT2D eigenvalue weighted by Gasteiger charge is -2.21. The van der Waals surface area contributed by atoms with Crippen LogP contribution in [-0.4, -0.2) is 56.6 Å². The number of halogens is 2. The van der Waals surface area contributed by atoms with E-state index in [1.165, 1.54) is 49.3 Å². The third-order valence-electron chi connectivity index (χ3n) is 4.34. The predicted octanol–water partition coefficient (Wildman–Crippen LogP) is 2.51. The second-order valence-electron chi connectivity index (χ2n) is 6.66. The third kappa shape index (κ3) is 5.78. The lowest BCUT2D eigenvalue weighted by Crippen LogP contribution is -2.40. The Bertz CT molecular complexity index is 1030. The van der Waals surface area contributed by atoms with E-state index in [-0.39, 0.29) is 40.9 Å². The molecule has 0 unspecified atom stereocenters. The minimum atomic E-state index is -3.84. The van der Waals surface area contributed by atoms with Gasteiger partial charge in [-0.05, 0) is 42.8 Å². The van der Waals surface area contributed by atoms with Crippen LogP contribution in [0.1, 0.15) is 22.8 Å². The Labute approximate surface area is 180 Å². The Morgan fingerprint density at radius 2 is 1.73 bits per heavy atom. The number of benzene rings is 2. The Kier molecular flexibility index (Phi) is 7.94. The lowest BCUT2D eigenvalue weighted by molar-refractivity contribution is -0.121. The maximum Gasteiger partial charge on any atom is 0.254 e. The number of likely N-dealkylation sites (N-methyl/N-ethyl adjacent to an activating group) is 1. The van der Waals surface area contributed by atoms with Crippen molar-refractivity contribution in [3.05, 3.63) is 64.4 Å². The van der Waals surface area contributed by atoms with Gasteiger partial charge in [0.2, 0.25) is 15.9 Å². The molecule has 0 heterocycles. The normalized spacial score (nSPS) is 11.4. The average Bonchev–Trinajstić information content (AvgIpc) is 2.71. The molecule has 0 radical (unpaired) electrons. The van der Waals surface area contributed by atoms with Crippen molar-refractivity contribution < 1.29 is 22.4 Å². The van der Waals surface area contributed by atoms with Crippen LogP contribution < -0.4 is 5.32 Å². The maximum atomic E-state index is 12.9. The number of amides is 2. The number of sulfonamides is 1. The summed E-state index contributed by atoms with van der Waals surface area (Å²) in [5.74, 6) is -1.27. The Morgan fingerprint density at radius 1 is 1.10 bits per heavy atom. The molecule has 0 spiro atoms. The van der Waals surface area contributed by atoms with Crippen molar-refractivity contribution >= 4 is 33.4 Å². The second kappa shape index (κ2) is 10.0. The number of nitrogens with zero attached hydrogens (tertiary/aromatic N) is 2. The fourth-order valence-electron chi connectivity index (χ4n) is 2.57. The first-order chi connectivity index (χ1) is 14.1. The number of nitrogens with one attached hydrogen (secondary N) is 1. The molecule has 0 saturated carbocycles. The molecule has 0 aromatic heterocycles. The first-order valence-electron chi connectivity index (χ1n) is 9.08. The molecular formula is C20H23ClFN3O4S. The number of carbonyl (C=O) groups is 2. The van der Waals surface area contributed by atoms with Gasteiger partial charge in [0.25, 0.3) is 5.91 Å². The van der Waals surface area contributed by atoms with Gasteiger partial charge in [-0.15, -0.1) is 0 Å². The van der Waals surface area contributed by atoms with Gasteiger partial charge < -0.3 is 10.2 Å². The quantitative estimate of drug-likeness (QED) is 0.662. The van der Waals surface area contributed by atoms with Gasteiger partial charge >= 0.3 is 0 Å². The van der Waals surface area contributed by atoms with Gasteiger partial charge in [0.1, 0.15) is 10.7 Å². The highest BCUT2D eigenvalue weighted by Gasteiger charge is 2.24. The lowest BCUT2D eigenvalue weighted by atomic mass is 10.2. The molecule has 0 aliphatic rings. The highest BCUT2D eigenvalue weighted by Crippen LogP contribution is 2.25. The molecule has 2 aromatic carbocycles. The number of carbonyl (C=O) groups excluding carboxylic acids is 2. The molecule has 0 aliphatic carbocycles. The zero-order valence-electron chi connectivity index (χ0n) is 16.9. The highest BCUT2D eigenvalue weighted by molar-refractivity contribution is 7.89. The number of hydrogen-bond acceptors (Lipinski definition) is 4. The van der Waals surface area contributed by atoms with Crippen LogP contribution in [0.5, 0.6) is 0 Å². The minimum Gasteiger partial charge on any atom is -0.350 e. The summed E-state index contributed by atoms with van der Waals surface area (Å²) in [6.45, 7) is 1.92. The van der Waals surface area contributed by atoms with Crippen molar-refractivity contribution in [3.63, 3.8) is 0 Å². The second-order valence-corrected chi connectivity index (χ2v) is 9.18. The topological polar surface area (TPSA) is 86.8 Å². The summed E-state index contributed by atoms with van der Waals surface area (Å²) in [6, 6.07) is 9.66. The number of hydrogen-bond donors (Lipinski definition) is 1. The minimum absolute atomic E-state index is 0.000314. The van der Waals surface area contributed by atoms with Gasteiger partial charge in [-0.3, -0.25) is 9.59 Å². The summed E-state index contributed by atoms with van der Waals surface area (Å²) in [5.41, 5.74) is 0.823. The van der Waals surface area contributed by atoms with Crippen LogP contribution >= 0.6 is 11.6 Å². The van der Waals surface area contributed by atoms with E-state index in [9.17, 15) is 22.4 Å². The molecular weight excluding hydrogens is 433 g/mol. The molecule has 2 rings (SSSR count). The van der Waals surface area contributed by atoms with Crippen LogP contribution in [0, 0.1) is 5.82 Å². The van der Waals surface area contributed by atoms with Crippen LogP contribution in [0.3, 0.4) is 0 Å². The summed E-state index contributed by atoms with van der Waals surface area (Å²) < 4.78 is 38.8. The van der Waals surface area contributed by atoms with E-state index in [1.807, 2.05) is 0 Å². The van der Waals surface area contributed by atoms with Crippen LogP contribution in [0.15, 0.2) is 47.4 Å². The standard InChI is InChI=1S/C20H23ClFN3O4S/c1-4-25(13-19(26)23-12-14-5-8-16(22)9-6-14)20(27)15-7-10-17(21)18(11-15)30(28,29)24(2)3/h5-11H,4,12-13H2,1-3H3,(H,23,26). The first kappa shape index (κ1) is 23.8. The Morgan fingerprint density at radius 3 is 2.30 bits per heavy atom. The molecule has 2 aromatic rings.